The summed E-state index contributed by atoms with van der Waals surface area (Å²) < 4.78 is 35.7. The summed E-state index contributed by atoms with van der Waals surface area (Å²) in [6, 6.07) is 4.69. The van der Waals surface area contributed by atoms with E-state index in [1.165, 1.54) is 24.9 Å². The third-order valence-corrected chi connectivity index (χ3v) is 4.22. The van der Waals surface area contributed by atoms with Crippen LogP contribution in [0, 0.1) is 0 Å². The van der Waals surface area contributed by atoms with Gasteiger partial charge in [0, 0.05) is 13.6 Å². The number of nitrogens with zero attached hydrogens (tertiary/aromatic N) is 3. The molecule has 0 saturated heterocycles. The third-order valence-electron chi connectivity index (χ3n) is 3.18. The van der Waals surface area contributed by atoms with Crippen LogP contribution >= 0.6 is 11.8 Å². The first kappa shape index (κ1) is 19.0. The molecule has 0 aliphatic rings. The van der Waals surface area contributed by atoms with Crippen molar-refractivity contribution in [3.63, 3.8) is 0 Å². The Morgan fingerprint density at radius 3 is 2.84 bits per heavy atom. The van der Waals surface area contributed by atoms with Gasteiger partial charge in [0.2, 0.25) is 5.91 Å². The lowest BCUT2D eigenvalue weighted by molar-refractivity contribution is -0.118. The van der Waals surface area contributed by atoms with Crippen molar-refractivity contribution in [2.24, 2.45) is 7.05 Å². The molecule has 0 fully saturated rings. The number of hydrogen-bond donors (Lipinski definition) is 1. The smallest absolute Gasteiger partial charge is 0.387 e. The van der Waals surface area contributed by atoms with Gasteiger partial charge in [0.05, 0.1) is 12.9 Å². The highest BCUT2D eigenvalue weighted by molar-refractivity contribution is 7.99. The van der Waals surface area contributed by atoms with E-state index in [9.17, 15) is 13.6 Å². The minimum Gasteiger partial charge on any atom is -0.493 e. The topological polar surface area (TPSA) is 78.3 Å². The van der Waals surface area contributed by atoms with E-state index in [4.69, 9.17) is 4.74 Å². The molecule has 10 heteroatoms. The predicted octanol–water partition coefficient (Wildman–Crippen LogP) is 1.88. The SMILES string of the molecule is COc1cc(CCNC(=O)CSc2nncn2C)ccc1OC(F)F. The first-order valence-corrected chi connectivity index (χ1v) is 8.33. The van der Waals surface area contributed by atoms with E-state index < -0.39 is 6.61 Å². The first-order chi connectivity index (χ1) is 12.0. The molecule has 1 aromatic heterocycles. The van der Waals surface area contributed by atoms with Crippen LogP contribution in [0.1, 0.15) is 5.56 Å². The summed E-state index contributed by atoms with van der Waals surface area (Å²) in [5.41, 5.74) is 0.833. The maximum Gasteiger partial charge on any atom is 0.387 e. The highest BCUT2D eigenvalue weighted by atomic mass is 32.2. The molecule has 0 atom stereocenters. The van der Waals surface area contributed by atoms with Gasteiger partial charge in [-0.2, -0.15) is 8.78 Å². The zero-order valence-corrected chi connectivity index (χ0v) is 14.6. The Labute approximate surface area is 147 Å². The molecule has 0 aliphatic heterocycles. The van der Waals surface area contributed by atoms with Crippen molar-refractivity contribution < 1.29 is 23.0 Å². The zero-order chi connectivity index (χ0) is 18.2. The van der Waals surface area contributed by atoms with E-state index >= 15 is 0 Å². The van der Waals surface area contributed by atoms with Crippen LogP contribution in [-0.2, 0) is 18.3 Å². The van der Waals surface area contributed by atoms with Crippen LogP contribution in [0.3, 0.4) is 0 Å². The lowest BCUT2D eigenvalue weighted by atomic mass is 10.1. The molecule has 0 aliphatic carbocycles. The largest absolute Gasteiger partial charge is 0.493 e. The van der Waals surface area contributed by atoms with Gasteiger partial charge in [-0.1, -0.05) is 17.8 Å². The number of alkyl halides is 2. The van der Waals surface area contributed by atoms with Gasteiger partial charge in [0.1, 0.15) is 6.33 Å². The molecule has 1 N–H and O–H groups in total. The van der Waals surface area contributed by atoms with E-state index in [0.29, 0.717) is 18.1 Å². The normalized spacial score (nSPS) is 10.8. The molecule has 0 saturated carbocycles. The molecular formula is C15H18F2N4O3S. The van der Waals surface area contributed by atoms with Crippen LogP contribution in [0.15, 0.2) is 29.7 Å². The number of aromatic nitrogens is 3. The Hall–Kier alpha value is -2.36. The number of halogens is 2. The van der Waals surface area contributed by atoms with Crippen LogP contribution in [0.2, 0.25) is 0 Å². The molecule has 136 valence electrons. The minimum absolute atomic E-state index is 0.0228. The number of carbonyl (C=O) groups is 1. The predicted molar refractivity (Wildman–Crippen MR) is 88.1 cm³/mol. The number of benzene rings is 1. The zero-order valence-electron chi connectivity index (χ0n) is 13.7. The van der Waals surface area contributed by atoms with Gasteiger partial charge < -0.3 is 19.4 Å². The molecule has 1 amide bonds. The standard InChI is InChI=1S/C15H18F2N4O3S/c1-21-9-19-20-15(21)25-8-13(22)18-6-5-10-3-4-11(24-14(16)17)12(7-10)23-2/h3-4,7,9,14H,5-6,8H2,1-2H3,(H,18,22). The van der Waals surface area contributed by atoms with Gasteiger partial charge in [-0.05, 0) is 24.1 Å². The van der Waals surface area contributed by atoms with Crippen LogP contribution in [0.25, 0.3) is 0 Å². The van der Waals surface area contributed by atoms with Crippen molar-refractivity contribution in [1.82, 2.24) is 20.1 Å². The maximum atomic E-state index is 12.3. The summed E-state index contributed by atoms with van der Waals surface area (Å²) in [5, 5.41) is 11.1. The van der Waals surface area contributed by atoms with Gasteiger partial charge in [-0.15, -0.1) is 10.2 Å². The highest BCUT2D eigenvalue weighted by Gasteiger charge is 2.11. The van der Waals surface area contributed by atoms with Crippen molar-refractivity contribution >= 4 is 17.7 Å². The van der Waals surface area contributed by atoms with Crippen molar-refractivity contribution in [3.8, 4) is 11.5 Å². The molecular weight excluding hydrogens is 354 g/mol. The number of thioether (sulfide) groups is 1. The number of hydrogen-bond acceptors (Lipinski definition) is 6. The number of nitrogens with one attached hydrogen (secondary N) is 1. The summed E-state index contributed by atoms with van der Waals surface area (Å²) in [6.07, 6.45) is 2.10. The monoisotopic (exact) mass is 372 g/mol. The van der Waals surface area contributed by atoms with E-state index in [2.05, 4.69) is 20.3 Å². The van der Waals surface area contributed by atoms with Gasteiger partial charge >= 0.3 is 6.61 Å². The van der Waals surface area contributed by atoms with Gasteiger partial charge in [-0.3, -0.25) is 4.79 Å². The molecule has 1 aromatic carbocycles. The fraction of sp³-hybridized carbons (Fsp3) is 0.400. The summed E-state index contributed by atoms with van der Waals surface area (Å²) in [5.74, 6) is 0.307. The second kappa shape index (κ2) is 9.21. The molecule has 1 heterocycles. The van der Waals surface area contributed by atoms with Crippen molar-refractivity contribution in [2.75, 3.05) is 19.4 Å². The molecule has 0 unspecified atom stereocenters. The van der Waals surface area contributed by atoms with Crippen LogP contribution in [0.4, 0.5) is 8.78 Å². The second-order valence-electron chi connectivity index (χ2n) is 4.98. The number of amides is 1. The third kappa shape index (κ3) is 5.89. The van der Waals surface area contributed by atoms with Crippen molar-refractivity contribution in [1.29, 1.82) is 0 Å². The summed E-state index contributed by atoms with van der Waals surface area (Å²) in [4.78, 5) is 11.8. The number of methoxy groups -OCH3 is 1. The minimum atomic E-state index is -2.91. The lowest BCUT2D eigenvalue weighted by Gasteiger charge is -2.11. The molecule has 0 radical (unpaired) electrons. The van der Waals surface area contributed by atoms with Crippen molar-refractivity contribution in [2.45, 2.75) is 18.2 Å². The Kier molecular flexibility index (Phi) is 6.99. The average molecular weight is 372 g/mol. The quantitative estimate of drug-likeness (QED) is 0.677. The number of ether oxygens (including phenoxy) is 2. The number of aryl methyl sites for hydroxylation is 1. The summed E-state index contributed by atoms with van der Waals surface area (Å²) in [7, 11) is 3.18. The maximum absolute atomic E-state index is 12.3. The lowest BCUT2D eigenvalue weighted by Crippen LogP contribution is -2.27. The molecule has 25 heavy (non-hydrogen) atoms. The molecule has 7 nitrogen and oxygen atoms in total. The van der Waals surface area contributed by atoms with Crippen LogP contribution in [-0.4, -0.2) is 46.7 Å². The Bertz CT molecular complexity index is 712. The van der Waals surface area contributed by atoms with E-state index in [0.717, 1.165) is 5.56 Å². The van der Waals surface area contributed by atoms with E-state index in [1.54, 1.807) is 30.1 Å². The average Bonchev–Trinajstić information content (AvgIpc) is 2.98. The summed E-state index contributed by atoms with van der Waals surface area (Å²) >= 11 is 1.29. The van der Waals surface area contributed by atoms with Gasteiger partial charge in [-0.25, -0.2) is 0 Å². The first-order valence-electron chi connectivity index (χ1n) is 7.35. The fourth-order valence-corrected chi connectivity index (χ4v) is 2.71. The molecule has 2 rings (SSSR count). The second-order valence-corrected chi connectivity index (χ2v) is 5.92. The van der Waals surface area contributed by atoms with E-state index in [-0.39, 0.29) is 23.2 Å². The molecule has 0 spiro atoms. The number of rotatable bonds is 9. The van der Waals surface area contributed by atoms with Gasteiger partial charge in [0.25, 0.3) is 0 Å². The molecule has 2 aromatic rings. The van der Waals surface area contributed by atoms with Crippen molar-refractivity contribution in [3.05, 3.63) is 30.1 Å². The Morgan fingerprint density at radius 2 is 2.20 bits per heavy atom. The number of carbonyl (C=O) groups excluding carboxylic acids is 1. The van der Waals surface area contributed by atoms with Crippen LogP contribution < -0.4 is 14.8 Å². The highest BCUT2D eigenvalue weighted by Crippen LogP contribution is 2.29. The summed E-state index contributed by atoms with van der Waals surface area (Å²) in [6.45, 7) is -2.50. The fourth-order valence-electron chi connectivity index (χ4n) is 1.99. The van der Waals surface area contributed by atoms with E-state index in [1.807, 2.05) is 0 Å². The molecule has 0 bridgehead atoms. The Balaban J connectivity index is 1.79. The Morgan fingerprint density at radius 1 is 1.40 bits per heavy atom. The van der Waals surface area contributed by atoms with Gasteiger partial charge in [0.15, 0.2) is 16.7 Å². The van der Waals surface area contributed by atoms with Crippen LogP contribution in [0.5, 0.6) is 11.5 Å².